The number of benzene rings is 3. The molecule has 2 heterocycles. The van der Waals surface area contributed by atoms with E-state index >= 15 is 0 Å². The summed E-state index contributed by atoms with van der Waals surface area (Å²) in [5.74, 6) is 0.0419. The minimum absolute atomic E-state index is 0.207. The lowest BCUT2D eigenvalue weighted by atomic mass is 9.74. The third-order valence-corrected chi connectivity index (χ3v) is 10.5. The van der Waals surface area contributed by atoms with Gasteiger partial charge in [-0.3, -0.25) is 0 Å². The quantitative estimate of drug-likeness (QED) is 0.168. The van der Waals surface area contributed by atoms with Crippen LogP contribution in [-0.2, 0) is 24.3 Å². The molecule has 3 aromatic carbocycles. The first-order valence-corrected chi connectivity index (χ1v) is 17.2. The Bertz CT molecular complexity index is 1650. The monoisotopic (exact) mass is 602 g/mol. The van der Waals surface area contributed by atoms with Gasteiger partial charge >= 0.3 is 5.97 Å². The fraction of sp³-hybridized carbons (Fsp3) is 0.425. The normalized spacial score (nSPS) is 20.2. The molecule has 0 bridgehead atoms. The molecule has 2 fully saturated rings. The zero-order valence-electron chi connectivity index (χ0n) is 26.3. The molecule has 0 amide bonds. The van der Waals surface area contributed by atoms with Gasteiger partial charge in [-0.25, -0.2) is 4.79 Å². The molecule has 2 N–H and O–H groups in total. The highest BCUT2D eigenvalue weighted by molar-refractivity contribution is 5.95. The maximum absolute atomic E-state index is 12.1. The maximum Gasteiger partial charge on any atom is 0.335 e. The summed E-state index contributed by atoms with van der Waals surface area (Å²) in [6, 6.07) is 27.1. The minimum atomic E-state index is -0.855. The lowest BCUT2D eigenvalue weighted by Crippen LogP contribution is -2.34. The summed E-state index contributed by atoms with van der Waals surface area (Å²) in [4.78, 5) is 12.1. The lowest BCUT2D eigenvalue weighted by Gasteiger charge is -2.39. The summed E-state index contributed by atoms with van der Waals surface area (Å²) in [6.07, 6.45) is 13.0. The average molecular weight is 603 g/mol. The zero-order chi connectivity index (χ0) is 30.6. The first kappa shape index (κ1) is 29.9. The van der Waals surface area contributed by atoms with Gasteiger partial charge in [0.15, 0.2) is 0 Å². The number of allylic oxidation sites excluding steroid dienone is 1. The predicted octanol–water partition coefficient (Wildman–Crippen LogP) is 9.12. The number of nitrogens with zero attached hydrogens (tertiary/aromatic N) is 1. The smallest absolute Gasteiger partial charge is 0.335 e. The number of unbranched alkanes of at least 4 members (excludes halogenated alkanes) is 1. The van der Waals surface area contributed by atoms with Gasteiger partial charge in [-0.05, 0) is 91.7 Å². The molecule has 2 unspecified atom stereocenters. The van der Waals surface area contributed by atoms with E-state index in [1.807, 2.05) is 12.1 Å². The molecular formula is C40H46N2O3. The number of ether oxygens (including phenoxy) is 1. The fourth-order valence-corrected chi connectivity index (χ4v) is 8.24. The van der Waals surface area contributed by atoms with E-state index < -0.39 is 5.97 Å². The Morgan fingerprint density at radius 3 is 2.38 bits per heavy atom. The van der Waals surface area contributed by atoms with Crippen molar-refractivity contribution in [3.8, 4) is 0 Å². The summed E-state index contributed by atoms with van der Waals surface area (Å²) in [5, 5.41) is 15.1. The van der Waals surface area contributed by atoms with E-state index in [-0.39, 0.29) is 6.10 Å². The van der Waals surface area contributed by atoms with Crippen molar-refractivity contribution in [3.05, 3.63) is 118 Å². The molecule has 234 valence electrons. The topological polar surface area (TPSA) is 63.5 Å². The number of carboxylic acid groups (broad SMARTS) is 1. The molecule has 0 saturated heterocycles. The molecule has 45 heavy (non-hydrogen) atoms. The van der Waals surface area contributed by atoms with Crippen molar-refractivity contribution in [1.29, 1.82) is 0 Å². The molecule has 0 radical (unpaired) electrons. The number of rotatable bonds is 11. The van der Waals surface area contributed by atoms with Crippen LogP contribution in [0.15, 0.2) is 90.1 Å². The van der Waals surface area contributed by atoms with Crippen LogP contribution in [0.5, 0.6) is 0 Å². The van der Waals surface area contributed by atoms with Crippen molar-refractivity contribution in [2.45, 2.75) is 102 Å². The van der Waals surface area contributed by atoms with Crippen LogP contribution < -0.4 is 5.32 Å². The molecule has 7 rings (SSSR count). The lowest BCUT2D eigenvalue weighted by molar-refractivity contribution is 0.0239. The van der Waals surface area contributed by atoms with Gasteiger partial charge in [0.2, 0.25) is 0 Å². The number of aromatic nitrogens is 1. The average Bonchev–Trinajstić information content (AvgIpc) is 3.42. The molecule has 2 atom stereocenters. The SMILES string of the molecule is O=C(O)c1ccc2c(C3CCCCC3)c3n(c2c1)CC(NCCCCc1ccccc1)=C1CC(OCc2ccccc2)CCC13. The maximum atomic E-state index is 12.1. The Hall–Kier alpha value is -3.83. The van der Waals surface area contributed by atoms with Crippen LogP contribution in [0.1, 0.15) is 109 Å². The number of hydrogen-bond donors (Lipinski definition) is 2. The first-order valence-electron chi connectivity index (χ1n) is 17.2. The second-order valence-corrected chi connectivity index (χ2v) is 13.4. The summed E-state index contributed by atoms with van der Waals surface area (Å²) in [7, 11) is 0. The van der Waals surface area contributed by atoms with Gasteiger partial charge in [-0.2, -0.15) is 0 Å². The second kappa shape index (κ2) is 13.7. The highest BCUT2D eigenvalue weighted by Gasteiger charge is 2.39. The Labute approximate surface area is 267 Å². The summed E-state index contributed by atoms with van der Waals surface area (Å²) < 4.78 is 9.06. The van der Waals surface area contributed by atoms with Gasteiger partial charge < -0.3 is 19.7 Å². The molecule has 0 spiro atoms. The van der Waals surface area contributed by atoms with Gasteiger partial charge in [-0.15, -0.1) is 0 Å². The third kappa shape index (κ3) is 6.46. The van der Waals surface area contributed by atoms with Crippen LogP contribution in [0, 0.1) is 0 Å². The van der Waals surface area contributed by atoms with Gasteiger partial charge in [0.1, 0.15) is 0 Å². The van der Waals surface area contributed by atoms with E-state index in [2.05, 4.69) is 76.6 Å². The van der Waals surface area contributed by atoms with Crippen LogP contribution in [-0.4, -0.2) is 28.3 Å². The summed E-state index contributed by atoms with van der Waals surface area (Å²) in [5.41, 5.74) is 9.91. The van der Waals surface area contributed by atoms with E-state index in [9.17, 15) is 9.90 Å². The number of hydrogen-bond acceptors (Lipinski definition) is 3. The standard InChI is InChI=1S/C40H46N2O3/c43-40(44)31-19-21-34-37(24-31)42-26-36(41-23-11-10-14-28-12-4-1-5-13-28)35-25-32(45-27-29-15-6-2-7-16-29)20-22-33(35)39(42)38(34)30-17-8-3-9-18-30/h1-2,4-7,12-13,15-16,19,21,24,30,32-33,41H,3,8-11,14,17-18,20,22-23,25-27H2,(H,43,44). The highest BCUT2D eigenvalue weighted by Crippen LogP contribution is 2.50. The molecule has 2 saturated carbocycles. The molecule has 2 aliphatic carbocycles. The van der Waals surface area contributed by atoms with Crippen LogP contribution in [0.2, 0.25) is 0 Å². The zero-order valence-corrected chi connectivity index (χ0v) is 26.3. The Balaban J connectivity index is 1.19. The number of aryl methyl sites for hydroxylation is 1. The molecule has 1 aromatic heterocycles. The van der Waals surface area contributed by atoms with E-state index in [0.29, 0.717) is 24.0 Å². The fourth-order valence-electron chi connectivity index (χ4n) is 8.24. The Kier molecular flexibility index (Phi) is 9.06. The summed E-state index contributed by atoms with van der Waals surface area (Å²) in [6.45, 7) is 2.37. The van der Waals surface area contributed by atoms with Crippen LogP contribution in [0.3, 0.4) is 0 Å². The second-order valence-electron chi connectivity index (χ2n) is 13.4. The molecule has 1 aliphatic heterocycles. The first-order chi connectivity index (χ1) is 22.2. The van der Waals surface area contributed by atoms with Crippen molar-refractivity contribution in [2.75, 3.05) is 6.54 Å². The van der Waals surface area contributed by atoms with Crippen molar-refractivity contribution < 1.29 is 14.6 Å². The molecule has 5 heteroatoms. The van der Waals surface area contributed by atoms with Crippen molar-refractivity contribution in [3.63, 3.8) is 0 Å². The number of carboxylic acids is 1. The van der Waals surface area contributed by atoms with Crippen molar-refractivity contribution >= 4 is 16.9 Å². The van der Waals surface area contributed by atoms with Crippen molar-refractivity contribution in [1.82, 2.24) is 9.88 Å². The minimum Gasteiger partial charge on any atom is -0.478 e. The Morgan fingerprint density at radius 1 is 0.867 bits per heavy atom. The third-order valence-electron chi connectivity index (χ3n) is 10.5. The molecule has 5 nitrogen and oxygen atoms in total. The number of aromatic carboxylic acids is 1. The molecular weight excluding hydrogens is 556 g/mol. The molecule has 3 aliphatic rings. The van der Waals surface area contributed by atoms with E-state index in [4.69, 9.17) is 4.74 Å². The Morgan fingerprint density at radius 2 is 1.62 bits per heavy atom. The number of carbonyl (C=O) groups is 1. The van der Waals surface area contributed by atoms with E-state index in [0.717, 1.165) is 57.1 Å². The van der Waals surface area contributed by atoms with Crippen LogP contribution in [0.25, 0.3) is 10.9 Å². The van der Waals surface area contributed by atoms with Crippen molar-refractivity contribution in [2.24, 2.45) is 0 Å². The van der Waals surface area contributed by atoms with Gasteiger partial charge in [0.05, 0.1) is 24.8 Å². The number of nitrogens with one attached hydrogen (secondary N) is 1. The largest absolute Gasteiger partial charge is 0.478 e. The van der Waals surface area contributed by atoms with Crippen LogP contribution >= 0.6 is 0 Å². The summed E-state index contributed by atoms with van der Waals surface area (Å²) >= 11 is 0. The molecule has 4 aromatic rings. The van der Waals surface area contributed by atoms with Gasteiger partial charge in [-0.1, -0.05) is 86.0 Å². The van der Waals surface area contributed by atoms with Gasteiger partial charge in [0.25, 0.3) is 0 Å². The van der Waals surface area contributed by atoms with E-state index in [1.165, 1.54) is 71.1 Å². The van der Waals surface area contributed by atoms with Gasteiger partial charge in [0, 0.05) is 34.8 Å². The highest BCUT2D eigenvalue weighted by atomic mass is 16.5. The predicted molar refractivity (Wildman–Crippen MR) is 181 cm³/mol. The van der Waals surface area contributed by atoms with E-state index in [1.54, 1.807) is 0 Å². The number of fused-ring (bicyclic) bond motifs is 5. The van der Waals surface area contributed by atoms with Crippen LogP contribution in [0.4, 0.5) is 0 Å².